The van der Waals surface area contributed by atoms with E-state index in [1.165, 1.54) is 5.56 Å². The zero-order chi connectivity index (χ0) is 25.4. The highest BCUT2D eigenvalue weighted by atomic mass is 32.1. The third kappa shape index (κ3) is 7.76. The Morgan fingerprint density at radius 2 is 1.26 bits per heavy atom. The summed E-state index contributed by atoms with van der Waals surface area (Å²) in [6.07, 6.45) is 3.32. The number of hydrogen-bond acceptors (Lipinski definition) is 3. The third-order valence-electron chi connectivity index (χ3n) is 5.68. The van der Waals surface area contributed by atoms with Gasteiger partial charge in [0.2, 0.25) is 0 Å². The first-order chi connectivity index (χ1) is 16.7. The molecule has 3 aromatic rings. The second-order valence-corrected chi connectivity index (χ2v) is 9.98. The number of unbranched alkanes of at least 4 members (excludes halogenated alkanes) is 1. The van der Waals surface area contributed by atoms with Crippen LogP contribution in [0.4, 0.5) is 11.4 Å². The fourth-order valence-corrected chi connectivity index (χ4v) is 3.71. The Bertz CT molecular complexity index is 1160. The number of aryl methyl sites for hydroxylation is 1. The maximum Gasteiger partial charge on any atom is 0.257 e. The molecule has 0 fully saturated rings. The van der Waals surface area contributed by atoms with Gasteiger partial charge in [0.25, 0.3) is 11.8 Å². The Labute approximate surface area is 213 Å². The van der Waals surface area contributed by atoms with Crippen LogP contribution in [0.1, 0.15) is 72.4 Å². The molecule has 3 N–H and O–H groups in total. The lowest BCUT2D eigenvalue weighted by Gasteiger charge is -2.19. The molecule has 0 heterocycles. The van der Waals surface area contributed by atoms with E-state index in [4.69, 9.17) is 12.2 Å². The SMILES string of the molecule is CCCCc1ccc(C(=O)Nc2ccc(NC(=S)NC(=O)c3ccc(C(C)(C)C)cc3)cc2)cc1. The molecule has 0 aliphatic rings. The van der Waals surface area contributed by atoms with E-state index < -0.39 is 0 Å². The molecule has 5 nitrogen and oxygen atoms in total. The van der Waals surface area contributed by atoms with Crippen LogP contribution >= 0.6 is 12.2 Å². The largest absolute Gasteiger partial charge is 0.332 e. The second kappa shape index (κ2) is 11.8. The molecule has 3 rings (SSSR count). The van der Waals surface area contributed by atoms with Crippen molar-refractivity contribution in [2.24, 2.45) is 0 Å². The molecule has 0 bridgehead atoms. The number of anilines is 2. The van der Waals surface area contributed by atoms with Crippen LogP contribution in [0.5, 0.6) is 0 Å². The normalized spacial score (nSPS) is 11.0. The van der Waals surface area contributed by atoms with E-state index in [2.05, 4.69) is 43.6 Å². The summed E-state index contributed by atoms with van der Waals surface area (Å²) in [7, 11) is 0. The van der Waals surface area contributed by atoms with E-state index in [0.717, 1.165) is 24.8 Å². The minimum absolute atomic E-state index is 0.0242. The summed E-state index contributed by atoms with van der Waals surface area (Å²) in [6.45, 7) is 8.55. The molecule has 0 saturated carbocycles. The molecule has 2 amide bonds. The van der Waals surface area contributed by atoms with E-state index in [-0.39, 0.29) is 22.3 Å². The van der Waals surface area contributed by atoms with Gasteiger partial charge in [-0.2, -0.15) is 0 Å². The van der Waals surface area contributed by atoms with Crippen molar-refractivity contribution < 1.29 is 9.59 Å². The number of carbonyl (C=O) groups is 2. The zero-order valence-electron chi connectivity index (χ0n) is 20.8. The Kier molecular flexibility index (Phi) is 8.77. The topological polar surface area (TPSA) is 70.2 Å². The Morgan fingerprint density at radius 1 is 0.743 bits per heavy atom. The van der Waals surface area contributed by atoms with Crippen molar-refractivity contribution in [1.82, 2.24) is 5.32 Å². The van der Waals surface area contributed by atoms with Crippen molar-refractivity contribution >= 4 is 40.5 Å². The van der Waals surface area contributed by atoms with E-state index in [1.54, 1.807) is 36.4 Å². The van der Waals surface area contributed by atoms with Crippen molar-refractivity contribution in [2.75, 3.05) is 10.6 Å². The fourth-order valence-electron chi connectivity index (χ4n) is 3.50. The first-order valence-electron chi connectivity index (χ1n) is 11.9. The van der Waals surface area contributed by atoms with Gasteiger partial charge in [-0.25, -0.2) is 0 Å². The number of amides is 2. The van der Waals surface area contributed by atoms with Crippen LogP contribution in [-0.2, 0) is 11.8 Å². The predicted octanol–water partition coefficient (Wildman–Crippen LogP) is 6.71. The fraction of sp³-hybridized carbons (Fsp3) is 0.276. The Morgan fingerprint density at radius 3 is 1.80 bits per heavy atom. The summed E-state index contributed by atoms with van der Waals surface area (Å²) in [5.74, 6) is -0.430. The maximum absolute atomic E-state index is 12.5. The highest BCUT2D eigenvalue weighted by Gasteiger charge is 2.15. The number of hydrogen-bond donors (Lipinski definition) is 3. The van der Waals surface area contributed by atoms with Gasteiger partial charge in [0.15, 0.2) is 5.11 Å². The monoisotopic (exact) mass is 487 g/mol. The molecule has 0 radical (unpaired) electrons. The number of benzene rings is 3. The number of rotatable bonds is 7. The van der Waals surface area contributed by atoms with Crippen LogP contribution in [0.15, 0.2) is 72.8 Å². The van der Waals surface area contributed by atoms with Gasteiger partial charge in [-0.1, -0.05) is 58.4 Å². The molecule has 35 heavy (non-hydrogen) atoms. The van der Waals surface area contributed by atoms with E-state index in [1.807, 2.05) is 36.4 Å². The van der Waals surface area contributed by atoms with Crippen LogP contribution in [0, 0.1) is 0 Å². The van der Waals surface area contributed by atoms with E-state index in [0.29, 0.717) is 22.5 Å². The van der Waals surface area contributed by atoms with E-state index >= 15 is 0 Å². The Balaban J connectivity index is 1.51. The molecule has 0 saturated heterocycles. The molecule has 6 heteroatoms. The minimum Gasteiger partial charge on any atom is -0.332 e. The second-order valence-electron chi connectivity index (χ2n) is 9.57. The van der Waals surface area contributed by atoms with Gasteiger partial charge in [-0.15, -0.1) is 0 Å². The quantitative estimate of drug-likeness (QED) is 0.324. The maximum atomic E-state index is 12.5. The van der Waals surface area contributed by atoms with Crippen LogP contribution in [0.3, 0.4) is 0 Å². The molecule has 0 aromatic heterocycles. The molecule has 0 aliphatic heterocycles. The van der Waals surface area contributed by atoms with Gasteiger partial charge in [0, 0.05) is 22.5 Å². The summed E-state index contributed by atoms with van der Waals surface area (Å²) >= 11 is 5.29. The zero-order valence-corrected chi connectivity index (χ0v) is 21.6. The lowest BCUT2D eigenvalue weighted by Crippen LogP contribution is -2.34. The summed E-state index contributed by atoms with van der Waals surface area (Å²) in [6, 6.07) is 22.4. The molecule has 0 unspecified atom stereocenters. The predicted molar refractivity (Wildman–Crippen MR) is 148 cm³/mol. The number of thiocarbonyl (C=S) groups is 1. The summed E-state index contributed by atoms with van der Waals surface area (Å²) in [5, 5.41) is 8.80. The standard InChI is InChI=1S/C29H33N3O2S/c1-5-6-7-20-8-10-21(11-9-20)26(33)30-24-16-18-25(19-17-24)31-28(35)32-27(34)22-12-14-23(15-13-22)29(2,3)4/h8-19H,5-7H2,1-4H3,(H,30,33)(H2,31,32,34,35). The third-order valence-corrected chi connectivity index (χ3v) is 5.88. The van der Waals surface area contributed by atoms with Gasteiger partial charge in [0.1, 0.15) is 0 Å². The highest BCUT2D eigenvalue weighted by molar-refractivity contribution is 7.80. The summed E-state index contributed by atoms with van der Waals surface area (Å²) in [4.78, 5) is 25.0. The van der Waals surface area contributed by atoms with Gasteiger partial charge >= 0.3 is 0 Å². The average Bonchev–Trinajstić information content (AvgIpc) is 2.83. The van der Waals surface area contributed by atoms with Crippen LogP contribution in [0.2, 0.25) is 0 Å². The van der Waals surface area contributed by atoms with Crippen molar-refractivity contribution in [1.29, 1.82) is 0 Å². The Hall–Kier alpha value is -3.51. The van der Waals surface area contributed by atoms with Crippen molar-refractivity contribution in [3.05, 3.63) is 95.1 Å². The highest BCUT2D eigenvalue weighted by Crippen LogP contribution is 2.22. The summed E-state index contributed by atoms with van der Waals surface area (Å²) < 4.78 is 0. The smallest absolute Gasteiger partial charge is 0.257 e. The molecule has 0 atom stereocenters. The van der Waals surface area contributed by atoms with Crippen molar-refractivity contribution in [3.63, 3.8) is 0 Å². The minimum atomic E-state index is -0.271. The first-order valence-corrected chi connectivity index (χ1v) is 12.3. The van der Waals surface area contributed by atoms with Gasteiger partial charge in [-0.05, 0) is 90.1 Å². The van der Waals surface area contributed by atoms with Crippen molar-refractivity contribution in [2.45, 2.75) is 52.4 Å². The van der Waals surface area contributed by atoms with E-state index in [9.17, 15) is 9.59 Å². The number of nitrogens with one attached hydrogen (secondary N) is 3. The average molecular weight is 488 g/mol. The molecule has 182 valence electrons. The van der Waals surface area contributed by atoms with Crippen LogP contribution in [-0.4, -0.2) is 16.9 Å². The lowest BCUT2D eigenvalue weighted by atomic mass is 9.87. The molecule has 0 spiro atoms. The number of carbonyl (C=O) groups excluding carboxylic acids is 2. The van der Waals surface area contributed by atoms with Gasteiger partial charge in [-0.3, -0.25) is 14.9 Å². The summed E-state index contributed by atoms with van der Waals surface area (Å²) in [5.41, 5.74) is 4.96. The molecular weight excluding hydrogens is 454 g/mol. The van der Waals surface area contributed by atoms with Crippen LogP contribution < -0.4 is 16.0 Å². The first kappa shape index (κ1) is 26.1. The molecule has 3 aromatic carbocycles. The van der Waals surface area contributed by atoms with Crippen LogP contribution in [0.25, 0.3) is 0 Å². The lowest BCUT2D eigenvalue weighted by molar-refractivity contribution is 0.0976. The van der Waals surface area contributed by atoms with Gasteiger partial charge in [0.05, 0.1) is 0 Å². The van der Waals surface area contributed by atoms with Gasteiger partial charge < -0.3 is 10.6 Å². The molecule has 0 aliphatic carbocycles. The van der Waals surface area contributed by atoms with Crippen molar-refractivity contribution in [3.8, 4) is 0 Å². The molecular formula is C29H33N3O2S.